The number of H-pyrrole nitrogens is 1. The third kappa shape index (κ3) is 2.71. The number of rotatable bonds is 2. The first-order valence-electron chi connectivity index (χ1n) is 7.87. The number of thioether (sulfide) groups is 1. The van der Waals surface area contributed by atoms with Crippen LogP contribution in [-0.2, 0) is 0 Å². The van der Waals surface area contributed by atoms with Crippen molar-refractivity contribution in [3.63, 3.8) is 0 Å². The summed E-state index contributed by atoms with van der Waals surface area (Å²) in [6.07, 6.45) is 0.880. The maximum Gasteiger partial charge on any atom is 0.268 e. The van der Waals surface area contributed by atoms with Crippen molar-refractivity contribution >= 4 is 28.4 Å². The van der Waals surface area contributed by atoms with Crippen LogP contribution in [0, 0.1) is 0 Å². The van der Waals surface area contributed by atoms with Gasteiger partial charge in [0.25, 0.3) is 11.5 Å². The molecule has 2 N–H and O–H groups in total. The van der Waals surface area contributed by atoms with E-state index in [1.54, 1.807) is 12.1 Å². The maximum atomic E-state index is 12.6. The Morgan fingerprint density at radius 1 is 1.12 bits per heavy atom. The van der Waals surface area contributed by atoms with E-state index >= 15 is 0 Å². The fourth-order valence-electron chi connectivity index (χ4n) is 3.06. The Kier molecular flexibility index (Phi) is 3.86. The molecule has 2 aromatic carbocycles. The fraction of sp³-hybridized carbons (Fsp3) is 0.158. The van der Waals surface area contributed by atoms with Gasteiger partial charge in [0.1, 0.15) is 5.69 Å². The van der Waals surface area contributed by atoms with E-state index < -0.39 is 0 Å². The maximum absolute atomic E-state index is 12.6. The lowest BCUT2D eigenvalue weighted by Crippen LogP contribution is -2.32. The van der Waals surface area contributed by atoms with Crippen LogP contribution < -0.4 is 10.9 Å². The number of fused-ring (bicyclic) bond motifs is 2. The molecule has 24 heavy (non-hydrogen) atoms. The molecule has 3 aromatic rings. The number of benzene rings is 2. The van der Waals surface area contributed by atoms with Gasteiger partial charge < -0.3 is 10.3 Å². The Bertz CT molecular complexity index is 980. The number of carbonyl (C=O) groups is 1. The van der Waals surface area contributed by atoms with Gasteiger partial charge in [-0.15, -0.1) is 11.8 Å². The van der Waals surface area contributed by atoms with Gasteiger partial charge in [0.2, 0.25) is 0 Å². The molecule has 0 saturated heterocycles. The molecule has 0 unspecified atom stereocenters. The summed E-state index contributed by atoms with van der Waals surface area (Å²) in [4.78, 5) is 28.7. The number of carbonyl (C=O) groups excluding carboxylic acids is 1. The normalized spacial score (nSPS) is 16.6. The van der Waals surface area contributed by atoms with E-state index in [9.17, 15) is 9.59 Å². The summed E-state index contributed by atoms with van der Waals surface area (Å²) >= 11 is 1.81. The molecule has 1 aromatic heterocycles. The fourth-order valence-corrected chi connectivity index (χ4v) is 4.19. The number of aromatic amines is 1. The van der Waals surface area contributed by atoms with Crippen molar-refractivity contribution in [1.29, 1.82) is 0 Å². The molecule has 0 aliphatic carbocycles. The molecule has 0 bridgehead atoms. The molecule has 4 nitrogen and oxygen atoms in total. The van der Waals surface area contributed by atoms with Gasteiger partial charge in [-0.2, -0.15) is 0 Å². The summed E-state index contributed by atoms with van der Waals surface area (Å²) in [7, 11) is 0. The molecule has 0 spiro atoms. The highest BCUT2D eigenvalue weighted by Gasteiger charge is 2.22. The van der Waals surface area contributed by atoms with E-state index in [0.29, 0.717) is 11.1 Å². The van der Waals surface area contributed by atoms with Crippen molar-refractivity contribution < 1.29 is 4.79 Å². The van der Waals surface area contributed by atoms with Gasteiger partial charge in [-0.1, -0.05) is 36.4 Å². The number of pyridine rings is 1. The quantitative estimate of drug-likeness (QED) is 0.753. The topological polar surface area (TPSA) is 62.0 Å². The van der Waals surface area contributed by atoms with Crippen molar-refractivity contribution in [2.75, 3.05) is 5.75 Å². The van der Waals surface area contributed by atoms with Gasteiger partial charge in [0, 0.05) is 16.0 Å². The Hall–Kier alpha value is -2.53. The molecule has 0 saturated carbocycles. The summed E-state index contributed by atoms with van der Waals surface area (Å²) in [5.74, 6) is 0.723. The molecule has 5 heteroatoms. The Morgan fingerprint density at radius 2 is 1.92 bits per heavy atom. The van der Waals surface area contributed by atoms with Gasteiger partial charge in [0.15, 0.2) is 0 Å². The Balaban J connectivity index is 1.65. The number of hydrogen-bond donors (Lipinski definition) is 2. The molecule has 1 amide bonds. The zero-order chi connectivity index (χ0) is 16.5. The SMILES string of the molecule is O=C(N[C@@H]1CCSc2ccccc21)c1cc2ccccc2c(=O)[nH]1. The van der Waals surface area contributed by atoms with E-state index in [0.717, 1.165) is 23.1 Å². The van der Waals surface area contributed by atoms with Crippen LogP contribution in [0.3, 0.4) is 0 Å². The van der Waals surface area contributed by atoms with Crippen LogP contribution in [0.25, 0.3) is 10.8 Å². The van der Waals surface area contributed by atoms with E-state index in [4.69, 9.17) is 0 Å². The monoisotopic (exact) mass is 336 g/mol. The Morgan fingerprint density at radius 3 is 2.83 bits per heavy atom. The van der Waals surface area contributed by atoms with Crippen molar-refractivity contribution in [2.45, 2.75) is 17.4 Å². The second kappa shape index (κ2) is 6.17. The first kappa shape index (κ1) is 15.0. The van der Waals surface area contributed by atoms with Gasteiger partial charge in [0.05, 0.1) is 6.04 Å². The molecule has 0 radical (unpaired) electrons. The minimum absolute atomic E-state index is 0.0232. The van der Waals surface area contributed by atoms with Crippen LogP contribution in [-0.4, -0.2) is 16.6 Å². The van der Waals surface area contributed by atoms with Gasteiger partial charge in [-0.25, -0.2) is 0 Å². The minimum Gasteiger partial charge on any atom is -0.344 e. The summed E-state index contributed by atoms with van der Waals surface area (Å²) < 4.78 is 0. The second-order valence-electron chi connectivity index (χ2n) is 5.80. The average Bonchev–Trinajstić information content (AvgIpc) is 2.62. The Labute approximate surface area is 143 Å². The zero-order valence-corrected chi connectivity index (χ0v) is 13.7. The number of amides is 1. The van der Waals surface area contributed by atoms with Crippen LogP contribution >= 0.6 is 11.8 Å². The predicted octanol–water partition coefficient (Wildman–Crippen LogP) is 3.50. The van der Waals surface area contributed by atoms with Crippen LogP contribution in [0.5, 0.6) is 0 Å². The summed E-state index contributed by atoms with van der Waals surface area (Å²) in [5, 5.41) is 4.42. The minimum atomic E-state index is -0.246. The van der Waals surface area contributed by atoms with Crippen LogP contribution in [0.1, 0.15) is 28.5 Å². The van der Waals surface area contributed by atoms with E-state index in [2.05, 4.69) is 22.4 Å². The third-order valence-corrected chi connectivity index (χ3v) is 5.38. The lowest BCUT2D eigenvalue weighted by atomic mass is 10.0. The zero-order valence-electron chi connectivity index (χ0n) is 12.9. The van der Waals surface area contributed by atoms with Gasteiger partial charge in [-0.3, -0.25) is 9.59 Å². The lowest BCUT2D eigenvalue weighted by molar-refractivity contribution is 0.0930. The van der Waals surface area contributed by atoms with E-state index in [-0.39, 0.29) is 17.5 Å². The molecule has 1 aliphatic heterocycles. The first-order chi connectivity index (χ1) is 11.7. The van der Waals surface area contributed by atoms with Gasteiger partial charge >= 0.3 is 0 Å². The highest BCUT2D eigenvalue weighted by molar-refractivity contribution is 7.99. The van der Waals surface area contributed by atoms with Crippen LogP contribution in [0.4, 0.5) is 0 Å². The van der Waals surface area contributed by atoms with Crippen molar-refractivity contribution in [3.8, 4) is 0 Å². The summed E-state index contributed by atoms with van der Waals surface area (Å²) in [6.45, 7) is 0. The smallest absolute Gasteiger partial charge is 0.268 e. The molecule has 2 heterocycles. The standard InChI is InChI=1S/C19H16N2O2S/c22-18-13-6-2-1-5-12(13)11-16(21-18)19(23)20-15-9-10-24-17-8-4-3-7-14(15)17/h1-8,11,15H,9-10H2,(H,20,23)(H,21,22)/t15-/m1/s1. The first-order valence-corrected chi connectivity index (χ1v) is 8.85. The molecular formula is C19H16N2O2S. The van der Waals surface area contributed by atoms with E-state index in [1.165, 1.54) is 4.90 Å². The predicted molar refractivity (Wildman–Crippen MR) is 96.6 cm³/mol. The van der Waals surface area contributed by atoms with Crippen LogP contribution in [0.15, 0.2) is 64.3 Å². The highest BCUT2D eigenvalue weighted by atomic mass is 32.2. The molecule has 120 valence electrons. The lowest BCUT2D eigenvalue weighted by Gasteiger charge is -2.25. The molecule has 4 rings (SSSR count). The highest BCUT2D eigenvalue weighted by Crippen LogP contribution is 2.35. The third-order valence-electron chi connectivity index (χ3n) is 4.26. The summed E-state index contributed by atoms with van der Waals surface area (Å²) in [5.41, 5.74) is 1.21. The van der Waals surface area contributed by atoms with Crippen molar-refractivity contribution in [1.82, 2.24) is 10.3 Å². The molecular weight excluding hydrogens is 320 g/mol. The second-order valence-corrected chi connectivity index (χ2v) is 6.94. The molecule has 1 aliphatic rings. The largest absolute Gasteiger partial charge is 0.344 e. The number of nitrogens with one attached hydrogen (secondary N) is 2. The number of aromatic nitrogens is 1. The van der Waals surface area contributed by atoms with Crippen LogP contribution in [0.2, 0.25) is 0 Å². The molecule has 1 atom stereocenters. The van der Waals surface area contributed by atoms with Crippen molar-refractivity contribution in [3.05, 3.63) is 76.2 Å². The number of hydrogen-bond acceptors (Lipinski definition) is 3. The van der Waals surface area contributed by atoms with E-state index in [1.807, 2.05) is 42.1 Å². The average molecular weight is 336 g/mol. The van der Waals surface area contributed by atoms with Crippen molar-refractivity contribution in [2.24, 2.45) is 0 Å². The summed E-state index contributed by atoms with van der Waals surface area (Å²) in [6, 6.07) is 17.1. The molecule has 0 fully saturated rings. The van der Waals surface area contributed by atoms with Gasteiger partial charge in [-0.05, 0) is 35.6 Å².